The molecule has 5 heteroatoms. The normalized spacial score (nSPS) is 10.8. The maximum Gasteiger partial charge on any atom is 0.259 e. The zero-order valence-electron chi connectivity index (χ0n) is 14.3. The molecule has 1 aromatic carbocycles. The van der Waals surface area contributed by atoms with Crippen molar-refractivity contribution in [2.75, 3.05) is 14.2 Å². The predicted octanol–water partition coefficient (Wildman–Crippen LogP) is 3.18. The number of nitrogens with zero attached hydrogens (tertiary/aromatic N) is 2. The number of rotatable bonds is 4. The van der Waals surface area contributed by atoms with Gasteiger partial charge in [0.25, 0.3) is 5.56 Å². The highest BCUT2D eigenvalue weighted by atomic mass is 16.5. The number of hydrogen-bond acceptors (Lipinski definition) is 4. The van der Waals surface area contributed by atoms with Crippen LogP contribution in [-0.4, -0.2) is 23.8 Å². The topological polar surface area (TPSA) is 53.4 Å². The second-order valence-electron chi connectivity index (χ2n) is 5.58. The number of fused-ring (bicyclic) bond motifs is 1. The third-order valence-corrected chi connectivity index (χ3v) is 4.21. The minimum Gasteiger partial charge on any atom is -0.496 e. The minimum atomic E-state index is -0.0713. The minimum absolute atomic E-state index is 0.0713. The molecule has 3 rings (SSSR count). The van der Waals surface area contributed by atoms with Gasteiger partial charge in [-0.05, 0) is 36.2 Å². The average molecular weight is 324 g/mol. The monoisotopic (exact) mass is 324 g/mol. The van der Waals surface area contributed by atoms with Gasteiger partial charge in [-0.25, -0.2) is 0 Å². The second-order valence-corrected chi connectivity index (χ2v) is 5.58. The molecule has 0 saturated carbocycles. The number of pyridine rings is 2. The van der Waals surface area contributed by atoms with Crippen LogP contribution in [0.3, 0.4) is 0 Å². The fraction of sp³-hybridized carbons (Fsp3) is 0.263. The Morgan fingerprint density at radius 2 is 1.88 bits per heavy atom. The van der Waals surface area contributed by atoms with E-state index in [0.717, 1.165) is 34.6 Å². The molecule has 2 heterocycles. The van der Waals surface area contributed by atoms with Crippen molar-refractivity contribution >= 4 is 10.9 Å². The van der Waals surface area contributed by atoms with Crippen molar-refractivity contribution in [2.24, 2.45) is 7.05 Å². The molecule has 0 saturated heterocycles. The summed E-state index contributed by atoms with van der Waals surface area (Å²) in [5, 5.41) is 0.582. The van der Waals surface area contributed by atoms with Crippen LogP contribution < -0.4 is 15.0 Å². The molecule has 0 radical (unpaired) electrons. The second kappa shape index (κ2) is 6.35. The Kier molecular flexibility index (Phi) is 4.25. The molecule has 0 spiro atoms. The lowest BCUT2D eigenvalue weighted by atomic mass is 9.99. The van der Waals surface area contributed by atoms with Gasteiger partial charge in [0, 0.05) is 30.6 Å². The summed E-state index contributed by atoms with van der Waals surface area (Å²) in [6, 6.07) is 7.49. The lowest BCUT2D eigenvalue weighted by molar-refractivity contribution is 0.400. The van der Waals surface area contributed by atoms with Crippen LogP contribution in [0.4, 0.5) is 0 Å². The third kappa shape index (κ3) is 2.52. The van der Waals surface area contributed by atoms with Crippen molar-refractivity contribution in [1.29, 1.82) is 0 Å². The van der Waals surface area contributed by atoms with Crippen LogP contribution in [0.2, 0.25) is 0 Å². The maximum absolute atomic E-state index is 12.4. The fourth-order valence-corrected chi connectivity index (χ4v) is 2.94. The highest BCUT2D eigenvalue weighted by molar-refractivity contribution is 5.94. The zero-order chi connectivity index (χ0) is 17.3. The summed E-state index contributed by atoms with van der Waals surface area (Å²) in [5.74, 6) is 1.53. The molecule has 0 N–H and O–H groups in total. The van der Waals surface area contributed by atoms with Gasteiger partial charge in [-0.3, -0.25) is 9.78 Å². The van der Waals surface area contributed by atoms with Gasteiger partial charge in [0.15, 0.2) is 0 Å². The molecule has 0 amide bonds. The Morgan fingerprint density at radius 3 is 2.54 bits per heavy atom. The molecule has 0 bridgehead atoms. The Labute approximate surface area is 140 Å². The van der Waals surface area contributed by atoms with E-state index in [1.54, 1.807) is 50.4 Å². The first-order chi connectivity index (χ1) is 11.6. The fourth-order valence-electron chi connectivity index (χ4n) is 2.94. The molecule has 2 aromatic heterocycles. The van der Waals surface area contributed by atoms with E-state index in [0.29, 0.717) is 10.9 Å². The Morgan fingerprint density at radius 1 is 1.12 bits per heavy atom. The first-order valence-electron chi connectivity index (χ1n) is 7.80. The van der Waals surface area contributed by atoms with E-state index < -0.39 is 0 Å². The van der Waals surface area contributed by atoms with Crippen LogP contribution in [0.1, 0.15) is 12.5 Å². The van der Waals surface area contributed by atoms with Crippen LogP contribution in [0, 0.1) is 0 Å². The SMILES string of the molecule is CCc1cc(OC)c(-c2cn(C)c(=O)c3cccnc23)cc1OC. The van der Waals surface area contributed by atoms with Gasteiger partial charge in [0.1, 0.15) is 11.5 Å². The number of hydrogen-bond donors (Lipinski definition) is 0. The van der Waals surface area contributed by atoms with Gasteiger partial charge in [0.2, 0.25) is 0 Å². The average Bonchev–Trinajstić information content (AvgIpc) is 2.63. The quantitative estimate of drug-likeness (QED) is 0.739. The van der Waals surface area contributed by atoms with Crippen molar-refractivity contribution in [3.63, 3.8) is 0 Å². The zero-order valence-corrected chi connectivity index (χ0v) is 14.3. The number of methoxy groups -OCH3 is 2. The molecule has 0 unspecified atom stereocenters. The van der Waals surface area contributed by atoms with Gasteiger partial charge >= 0.3 is 0 Å². The van der Waals surface area contributed by atoms with Crippen LogP contribution >= 0.6 is 0 Å². The Hall–Kier alpha value is -2.82. The van der Waals surface area contributed by atoms with Crippen molar-refractivity contribution in [3.8, 4) is 22.6 Å². The first-order valence-corrected chi connectivity index (χ1v) is 7.80. The summed E-state index contributed by atoms with van der Waals surface area (Å²) in [7, 11) is 5.03. The van der Waals surface area contributed by atoms with E-state index in [-0.39, 0.29) is 5.56 Å². The highest BCUT2D eigenvalue weighted by Crippen LogP contribution is 2.38. The standard InChI is InChI=1S/C19H20N2O3/c1-5-12-9-17(24-4)14(10-16(12)23-3)15-11-21(2)19(22)13-7-6-8-20-18(13)15/h6-11H,5H2,1-4H3. The molecule has 3 aromatic rings. The third-order valence-electron chi connectivity index (χ3n) is 4.21. The van der Waals surface area contributed by atoms with Crippen molar-refractivity contribution in [3.05, 3.63) is 52.6 Å². The van der Waals surface area contributed by atoms with Gasteiger partial charge in [-0.1, -0.05) is 6.92 Å². The van der Waals surface area contributed by atoms with Gasteiger partial charge in [-0.15, -0.1) is 0 Å². The number of aryl methyl sites for hydroxylation is 2. The summed E-state index contributed by atoms with van der Waals surface area (Å²) in [6.45, 7) is 2.07. The van der Waals surface area contributed by atoms with E-state index in [1.165, 1.54) is 0 Å². The first kappa shape index (κ1) is 16.1. The predicted molar refractivity (Wildman–Crippen MR) is 94.9 cm³/mol. The van der Waals surface area contributed by atoms with Gasteiger partial charge in [-0.2, -0.15) is 0 Å². The van der Waals surface area contributed by atoms with Crippen LogP contribution in [0.15, 0.2) is 41.5 Å². The molecular weight excluding hydrogens is 304 g/mol. The van der Waals surface area contributed by atoms with E-state index in [1.807, 2.05) is 12.1 Å². The Bertz CT molecular complexity index is 961. The maximum atomic E-state index is 12.4. The lowest BCUT2D eigenvalue weighted by Gasteiger charge is -2.16. The summed E-state index contributed by atoms with van der Waals surface area (Å²) < 4.78 is 12.7. The van der Waals surface area contributed by atoms with Crippen LogP contribution in [0.25, 0.3) is 22.0 Å². The molecule has 24 heavy (non-hydrogen) atoms. The largest absolute Gasteiger partial charge is 0.496 e. The number of aromatic nitrogens is 2. The van der Waals surface area contributed by atoms with Crippen molar-refractivity contribution in [1.82, 2.24) is 9.55 Å². The van der Waals surface area contributed by atoms with Gasteiger partial charge in [0.05, 0.1) is 25.1 Å². The van der Waals surface area contributed by atoms with E-state index in [9.17, 15) is 4.79 Å². The summed E-state index contributed by atoms with van der Waals surface area (Å²) in [6.07, 6.45) is 4.32. The molecule has 5 nitrogen and oxygen atoms in total. The molecule has 0 fully saturated rings. The summed E-state index contributed by atoms with van der Waals surface area (Å²) >= 11 is 0. The van der Waals surface area contributed by atoms with E-state index in [2.05, 4.69) is 11.9 Å². The summed E-state index contributed by atoms with van der Waals surface area (Å²) in [5.41, 5.74) is 3.35. The smallest absolute Gasteiger partial charge is 0.259 e. The molecule has 0 aliphatic rings. The Balaban J connectivity index is 2.39. The molecule has 0 aliphatic carbocycles. The van der Waals surface area contributed by atoms with E-state index in [4.69, 9.17) is 9.47 Å². The highest BCUT2D eigenvalue weighted by Gasteiger charge is 2.16. The molecule has 0 atom stereocenters. The van der Waals surface area contributed by atoms with Crippen LogP contribution in [-0.2, 0) is 13.5 Å². The molecule has 124 valence electrons. The number of benzene rings is 1. The van der Waals surface area contributed by atoms with Gasteiger partial charge < -0.3 is 14.0 Å². The van der Waals surface area contributed by atoms with E-state index >= 15 is 0 Å². The molecule has 0 aliphatic heterocycles. The van der Waals surface area contributed by atoms with Crippen molar-refractivity contribution < 1.29 is 9.47 Å². The molecular formula is C19H20N2O3. The van der Waals surface area contributed by atoms with Crippen molar-refractivity contribution in [2.45, 2.75) is 13.3 Å². The number of ether oxygens (including phenoxy) is 2. The summed E-state index contributed by atoms with van der Waals surface area (Å²) in [4.78, 5) is 16.8. The lowest BCUT2D eigenvalue weighted by Crippen LogP contribution is -2.17. The van der Waals surface area contributed by atoms with Crippen LogP contribution in [0.5, 0.6) is 11.5 Å².